The molecular formula is C20H18N2O4. The van der Waals surface area contributed by atoms with Crippen molar-refractivity contribution < 1.29 is 9.47 Å². The van der Waals surface area contributed by atoms with Gasteiger partial charge in [-0.05, 0) is 42.7 Å². The Balaban J connectivity index is 1.73. The number of aryl methyl sites for hydroxylation is 2. The van der Waals surface area contributed by atoms with Crippen LogP contribution in [0.4, 0.5) is 0 Å². The van der Waals surface area contributed by atoms with E-state index in [9.17, 15) is 9.59 Å². The van der Waals surface area contributed by atoms with Crippen LogP contribution in [0.3, 0.4) is 0 Å². The number of benzene rings is 2. The molecule has 1 aliphatic rings. The van der Waals surface area contributed by atoms with Gasteiger partial charge in [0.2, 0.25) is 6.79 Å². The van der Waals surface area contributed by atoms with Crippen molar-refractivity contribution in [2.75, 3.05) is 6.79 Å². The van der Waals surface area contributed by atoms with E-state index in [4.69, 9.17) is 9.47 Å². The smallest absolute Gasteiger partial charge is 0.321 e. The molecule has 0 bridgehead atoms. The number of rotatable bonds is 3. The van der Waals surface area contributed by atoms with E-state index in [0.29, 0.717) is 11.5 Å². The molecule has 0 N–H and O–H groups in total. The Hall–Kier alpha value is -3.28. The molecule has 0 amide bonds. The third-order valence-electron chi connectivity index (χ3n) is 4.53. The average Bonchev–Trinajstić information content (AvgIpc) is 3.08. The fourth-order valence-electron chi connectivity index (χ4n) is 3.23. The number of nitrogens with zero attached hydrogens (tertiary/aromatic N) is 2. The molecule has 1 aromatic heterocycles. The predicted octanol–water partition coefficient (Wildman–Crippen LogP) is 2.39. The highest BCUT2D eigenvalue weighted by atomic mass is 16.7. The molecule has 6 heteroatoms. The number of fused-ring (bicyclic) bond motifs is 1. The van der Waals surface area contributed by atoms with Gasteiger partial charge in [-0.1, -0.05) is 24.3 Å². The quantitative estimate of drug-likeness (QED) is 0.681. The highest BCUT2D eigenvalue weighted by Gasteiger charge is 2.15. The standard InChI is InChI=1S/C20H18N2O4/c1-13-4-3-5-14(2)18(13)22-9-8-21(19(23)20(22)24)11-15-6-7-16-17(10-15)26-12-25-16/h3-10H,11-12H2,1-2H3. The lowest BCUT2D eigenvalue weighted by Gasteiger charge is -2.13. The van der Waals surface area contributed by atoms with Crippen molar-refractivity contribution in [2.24, 2.45) is 0 Å². The second kappa shape index (κ2) is 6.22. The first-order chi connectivity index (χ1) is 12.5. The third-order valence-corrected chi connectivity index (χ3v) is 4.53. The van der Waals surface area contributed by atoms with Gasteiger partial charge in [-0.2, -0.15) is 0 Å². The maximum atomic E-state index is 12.7. The zero-order valence-corrected chi connectivity index (χ0v) is 14.6. The zero-order chi connectivity index (χ0) is 18.3. The van der Waals surface area contributed by atoms with Crippen molar-refractivity contribution in [1.82, 2.24) is 9.13 Å². The first kappa shape index (κ1) is 16.2. The number of ether oxygens (including phenoxy) is 2. The van der Waals surface area contributed by atoms with Gasteiger partial charge in [0, 0.05) is 12.4 Å². The maximum Gasteiger partial charge on any atom is 0.321 e. The van der Waals surface area contributed by atoms with E-state index in [0.717, 1.165) is 22.4 Å². The van der Waals surface area contributed by atoms with E-state index in [1.807, 2.05) is 44.2 Å². The van der Waals surface area contributed by atoms with E-state index in [1.165, 1.54) is 9.13 Å². The van der Waals surface area contributed by atoms with Crippen molar-refractivity contribution in [3.8, 4) is 17.2 Å². The average molecular weight is 350 g/mol. The lowest BCUT2D eigenvalue weighted by Crippen LogP contribution is -2.40. The Morgan fingerprint density at radius 3 is 2.42 bits per heavy atom. The van der Waals surface area contributed by atoms with Crippen LogP contribution in [0, 0.1) is 13.8 Å². The van der Waals surface area contributed by atoms with Gasteiger partial charge < -0.3 is 14.0 Å². The summed E-state index contributed by atoms with van der Waals surface area (Å²) in [5.74, 6) is 1.34. The second-order valence-corrected chi connectivity index (χ2v) is 6.33. The Bertz CT molecular complexity index is 1090. The summed E-state index contributed by atoms with van der Waals surface area (Å²) in [6.07, 6.45) is 3.28. The minimum Gasteiger partial charge on any atom is -0.454 e. The van der Waals surface area contributed by atoms with Crippen LogP contribution in [-0.2, 0) is 6.54 Å². The summed E-state index contributed by atoms with van der Waals surface area (Å²) < 4.78 is 13.5. The van der Waals surface area contributed by atoms with E-state index in [1.54, 1.807) is 18.5 Å². The normalized spacial score (nSPS) is 12.4. The molecule has 2 aromatic carbocycles. The maximum absolute atomic E-state index is 12.7. The Labute approximate surface area is 149 Å². The van der Waals surface area contributed by atoms with Crippen LogP contribution in [-0.4, -0.2) is 15.9 Å². The molecule has 0 unspecified atom stereocenters. The minimum absolute atomic E-state index is 0.199. The molecule has 2 heterocycles. The van der Waals surface area contributed by atoms with Crippen LogP contribution in [0.25, 0.3) is 5.69 Å². The number of para-hydroxylation sites is 1. The Morgan fingerprint density at radius 2 is 1.65 bits per heavy atom. The molecule has 4 rings (SSSR count). The topological polar surface area (TPSA) is 62.5 Å². The van der Waals surface area contributed by atoms with Crippen LogP contribution in [0.1, 0.15) is 16.7 Å². The van der Waals surface area contributed by atoms with Gasteiger partial charge in [0.15, 0.2) is 11.5 Å². The monoisotopic (exact) mass is 350 g/mol. The van der Waals surface area contributed by atoms with Gasteiger partial charge in [0.05, 0.1) is 12.2 Å². The van der Waals surface area contributed by atoms with Crippen LogP contribution < -0.4 is 20.6 Å². The van der Waals surface area contributed by atoms with E-state index in [-0.39, 0.29) is 13.3 Å². The first-order valence-corrected chi connectivity index (χ1v) is 8.32. The zero-order valence-electron chi connectivity index (χ0n) is 14.6. The molecule has 132 valence electrons. The fraction of sp³-hybridized carbons (Fsp3) is 0.200. The summed E-state index contributed by atoms with van der Waals surface area (Å²) in [6, 6.07) is 11.3. The molecule has 1 aliphatic heterocycles. The van der Waals surface area contributed by atoms with Crippen LogP contribution in [0.5, 0.6) is 11.5 Å². The summed E-state index contributed by atoms with van der Waals surface area (Å²) in [4.78, 5) is 25.3. The highest BCUT2D eigenvalue weighted by Crippen LogP contribution is 2.32. The summed E-state index contributed by atoms with van der Waals surface area (Å²) in [5.41, 5.74) is 2.38. The van der Waals surface area contributed by atoms with Crippen LogP contribution >= 0.6 is 0 Å². The molecule has 0 aliphatic carbocycles. The molecule has 0 saturated heterocycles. The lowest BCUT2D eigenvalue weighted by molar-refractivity contribution is 0.174. The van der Waals surface area contributed by atoms with E-state index < -0.39 is 11.1 Å². The van der Waals surface area contributed by atoms with Gasteiger partial charge in [-0.15, -0.1) is 0 Å². The molecule has 3 aromatic rings. The lowest BCUT2D eigenvalue weighted by atomic mass is 10.1. The summed E-state index contributed by atoms with van der Waals surface area (Å²) in [5, 5.41) is 0. The Morgan fingerprint density at radius 1 is 0.923 bits per heavy atom. The first-order valence-electron chi connectivity index (χ1n) is 8.32. The number of hydrogen-bond acceptors (Lipinski definition) is 4. The number of hydrogen-bond donors (Lipinski definition) is 0. The van der Waals surface area contributed by atoms with Crippen molar-refractivity contribution >= 4 is 0 Å². The van der Waals surface area contributed by atoms with Crippen molar-refractivity contribution in [2.45, 2.75) is 20.4 Å². The van der Waals surface area contributed by atoms with Gasteiger partial charge in [0.25, 0.3) is 0 Å². The summed E-state index contributed by atoms with van der Waals surface area (Å²) >= 11 is 0. The van der Waals surface area contributed by atoms with Crippen LogP contribution in [0.15, 0.2) is 58.4 Å². The summed E-state index contributed by atoms with van der Waals surface area (Å²) in [7, 11) is 0. The largest absolute Gasteiger partial charge is 0.454 e. The molecule has 6 nitrogen and oxygen atoms in total. The minimum atomic E-state index is -0.564. The predicted molar refractivity (Wildman–Crippen MR) is 97.4 cm³/mol. The third kappa shape index (κ3) is 2.69. The molecule has 0 atom stereocenters. The number of aromatic nitrogens is 2. The van der Waals surface area contributed by atoms with E-state index >= 15 is 0 Å². The molecule has 0 spiro atoms. The molecular weight excluding hydrogens is 332 g/mol. The van der Waals surface area contributed by atoms with Crippen molar-refractivity contribution in [1.29, 1.82) is 0 Å². The van der Waals surface area contributed by atoms with Crippen LogP contribution in [0.2, 0.25) is 0 Å². The molecule has 0 radical (unpaired) electrons. The molecule has 0 fully saturated rings. The summed E-state index contributed by atoms with van der Waals surface area (Å²) in [6.45, 7) is 4.34. The van der Waals surface area contributed by atoms with Gasteiger partial charge >= 0.3 is 11.1 Å². The van der Waals surface area contributed by atoms with Crippen molar-refractivity contribution in [3.05, 3.63) is 86.2 Å². The van der Waals surface area contributed by atoms with Gasteiger partial charge in [0.1, 0.15) is 0 Å². The second-order valence-electron chi connectivity index (χ2n) is 6.33. The SMILES string of the molecule is Cc1cccc(C)c1-n1ccn(Cc2ccc3c(c2)OCO3)c(=O)c1=O. The van der Waals surface area contributed by atoms with Crippen molar-refractivity contribution in [3.63, 3.8) is 0 Å². The molecule has 0 saturated carbocycles. The molecule has 26 heavy (non-hydrogen) atoms. The highest BCUT2D eigenvalue weighted by molar-refractivity contribution is 5.47. The Kier molecular flexibility index (Phi) is 3.88. The van der Waals surface area contributed by atoms with Gasteiger partial charge in [-0.3, -0.25) is 14.2 Å². The van der Waals surface area contributed by atoms with Gasteiger partial charge in [-0.25, -0.2) is 0 Å². The van der Waals surface area contributed by atoms with E-state index in [2.05, 4.69) is 0 Å². The fourth-order valence-corrected chi connectivity index (χ4v) is 3.23.